The van der Waals surface area contributed by atoms with E-state index in [0.29, 0.717) is 6.54 Å². The third kappa shape index (κ3) is 3.73. The molecule has 0 aromatic heterocycles. The van der Waals surface area contributed by atoms with Gasteiger partial charge in [-0.3, -0.25) is 4.79 Å². The Balaban J connectivity index is 2.32. The van der Waals surface area contributed by atoms with Crippen LogP contribution in [-0.2, 0) is 9.53 Å². The van der Waals surface area contributed by atoms with Gasteiger partial charge in [-0.15, -0.1) is 0 Å². The van der Waals surface area contributed by atoms with Crippen molar-refractivity contribution < 1.29 is 14.6 Å². The van der Waals surface area contributed by atoms with Crippen LogP contribution in [0.2, 0.25) is 0 Å². The van der Waals surface area contributed by atoms with Crippen molar-refractivity contribution in [2.75, 3.05) is 33.4 Å². The zero-order valence-electron chi connectivity index (χ0n) is 10.1. The molecular formula is C11H22N2O3. The average Bonchev–Trinajstić information content (AvgIpc) is 2.58. The molecular weight excluding hydrogens is 208 g/mol. The predicted molar refractivity (Wildman–Crippen MR) is 61.2 cm³/mol. The molecule has 1 aliphatic rings. The van der Waals surface area contributed by atoms with Gasteiger partial charge in [0.2, 0.25) is 5.91 Å². The van der Waals surface area contributed by atoms with Crippen LogP contribution >= 0.6 is 0 Å². The van der Waals surface area contributed by atoms with Gasteiger partial charge >= 0.3 is 0 Å². The number of methoxy groups -OCH3 is 1. The minimum absolute atomic E-state index is 0.0605. The number of likely N-dealkylation sites (tertiary alicyclic amines) is 1. The van der Waals surface area contributed by atoms with Gasteiger partial charge < -0.3 is 20.1 Å². The average molecular weight is 230 g/mol. The highest BCUT2D eigenvalue weighted by Crippen LogP contribution is 2.11. The van der Waals surface area contributed by atoms with Crippen molar-refractivity contribution >= 4 is 5.91 Å². The highest BCUT2D eigenvalue weighted by Gasteiger charge is 2.31. The first-order valence-corrected chi connectivity index (χ1v) is 5.88. The van der Waals surface area contributed by atoms with Crippen LogP contribution in [0.15, 0.2) is 0 Å². The van der Waals surface area contributed by atoms with Gasteiger partial charge in [-0.05, 0) is 19.4 Å². The lowest BCUT2D eigenvalue weighted by Crippen LogP contribution is -2.42. The van der Waals surface area contributed by atoms with Gasteiger partial charge in [-0.1, -0.05) is 6.92 Å². The van der Waals surface area contributed by atoms with Crippen LogP contribution < -0.4 is 5.32 Å². The number of β-amino-alcohol motifs (C(OH)–C–C–N with tert-alkyl or cyclic N) is 1. The summed E-state index contributed by atoms with van der Waals surface area (Å²) in [6.45, 7) is 4.31. The van der Waals surface area contributed by atoms with E-state index >= 15 is 0 Å². The SMILES string of the molecule is CCCNC1CCN(CC(O)COC)C1=O. The Morgan fingerprint density at radius 3 is 3.06 bits per heavy atom. The van der Waals surface area contributed by atoms with E-state index in [4.69, 9.17) is 4.74 Å². The molecule has 1 aliphatic heterocycles. The number of carbonyl (C=O) groups excluding carboxylic acids is 1. The summed E-state index contributed by atoms with van der Waals surface area (Å²) in [6, 6.07) is -0.0605. The van der Waals surface area contributed by atoms with Crippen LogP contribution in [-0.4, -0.2) is 61.4 Å². The quantitative estimate of drug-likeness (QED) is 0.624. The largest absolute Gasteiger partial charge is 0.389 e. The second-order valence-corrected chi connectivity index (χ2v) is 4.19. The van der Waals surface area contributed by atoms with Crippen molar-refractivity contribution in [3.63, 3.8) is 0 Å². The number of amides is 1. The summed E-state index contributed by atoms with van der Waals surface area (Å²) in [7, 11) is 1.54. The van der Waals surface area contributed by atoms with Crippen LogP contribution in [0.4, 0.5) is 0 Å². The summed E-state index contributed by atoms with van der Waals surface area (Å²) in [5.41, 5.74) is 0. The summed E-state index contributed by atoms with van der Waals surface area (Å²) in [5, 5.41) is 12.8. The molecule has 2 atom stereocenters. The summed E-state index contributed by atoms with van der Waals surface area (Å²) < 4.78 is 4.84. The molecule has 1 rings (SSSR count). The predicted octanol–water partition coefficient (Wildman–Crippen LogP) is -0.406. The lowest BCUT2D eigenvalue weighted by Gasteiger charge is -2.20. The Hall–Kier alpha value is -0.650. The van der Waals surface area contributed by atoms with Crippen LogP contribution in [0.1, 0.15) is 19.8 Å². The topological polar surface area (TPSA) is 61.8 Å². The van der Waals surface area contributed by atoms with E-state index < -0.39 is 6.10 Å². The lowest BCUT2D eigenvalue weighted by atomic mass is 10.2. The Labute approximate surface area is 96.8 Å². The van der Waals surface area contributed by atoms with E-state index in [0.717, 1.165) is 25.9 Å². The third-order valence-electron chi connectivity index (χ3n) is 2.73. The minimum atomic E-state index is -0.584. The Bertz CT molecular complexity index is 223. The molecule has 1 fully saturated rings. The summed E-state index contributed by atoms with van der Waals surface area (Å²) in [6.07, 6.45) is 1.27. The van der Waals surface area contributed by atoms with E-state index in [1.54, 1.807) is 12.0 Å². The lowest BCUT2D eigenvalue weighted by molar-refractivity contribution is -0.131. The molecule has 1 amide bonds. The third-order valence-corrected chi connectivity index (χ3v) is 2.73. The van der Waals surface area contributed by atoms with Crippen molar-refractivity contribution in [1.82, 2.24) is 10.2 Å². The fourth-order valence-corrected chi connectivity index (χ4v) is 1.93. The van der Waals surface area contributed by atoms with Crippen molar-refractivity contribution in [2.45, 2.75) is 31.9 Å². The molecule has 0 aromatic rings. The summed E-state index contributed by atoms with van der Waals surface area (Å²) in [5.74, 6) is 0.101. The van der Waals surface area contributed by atoms with Gasteiger partial charge in [0.15, 0.2) is 0 Å². The Morgan fingerprint density at radius 2 is 2.44 bits per heavy atom. The number of nitrogens with one attached hydrogen (secondary N) is 1. The molecule has 0 aliphatic carbocycles. The second kappa shape index (κ2) is 6.83. The fraction of sp³-hybridized carbons (Fsp3) is 0.909. The van der Waals surface area contributed by atoms with Crippen LogP contribution in [0.3, 0.4) is 0 Å². The molecule has 0 saturated carbocycles. The van der Waals surface area contributed by atoms with Gasteiger partial charge in [0.1, 0.15) is 0 Å². The molecule has 16 heavy (non-hydrogen) atoms. The van der Waals surface area contributed by atoms with E-state index in [2.05, 4.69) is 12.2 Å². The number of hydrogen-bond acceptors (Lipinski definition) is 4. The van der Waals surface area contributed by atoms with Crippen LogP contribution in [0.25, 0.3) is 0 Å². The fourth-order valence-electron chi connectivity index (χ4n) is 1.93. The number of aliphatic hydroxyl groups is 1. The molecule has 5 heteroatoms. The number of carbonyl (C=O) groups is 1. The second-order valence-electron chi connectivity index (χ2n) is 4.19. The van der Waals surface area contributed by atoms with Crippen molar-refractivity contribution in [2.24, 2.45) is 0 Å². The number of ether oxygens (including phenoxy) is 1. The highest BCUT2D eigenvalue weighted by atomic mass is 16.5. The number of nitrogens with zero attached hydrogens (tertiary/aromatic N) is 1. The molecule has 2 N–H and O–H groups in total. The first-order chi connectivity index (χ1) is 7.69. The van der Waals surface area contributed by atoms with Crippen LogP contribution in [0.5, 0.6) is 0 Å². The van der Waals surface area contributed by atoms with Gasteiger partial charge in [-0.2, -0.15) is 0 Å². The van der Waals surface area contributed by atoms with E-state index in [1.807, 2.05) is 0 Å². The zero-order valence-corrected chi connectivity index (χ0v) is 10.1. The first kappa shape index (κ1) is 13.4. The maximum atomic E-state index is 11.9. The normalized spacial score (nSPS) is 22.8. The maximum Gasteiger partial charge on any atom is 0.239 e. The standard InChI is InChI=1S/C11H22N2O3/c1-3-5-12-10-4-6-13(11(10)15)7-9(14)8-16-2/h9-10,12,14H,3-8H2,1-2H3. The molecule has 0 aromatic carbocycles. The number of hydrogen-bond donors (Lipinski definition) is 2. The number of aliphatic hydroxyl groups excluding tert-OH is 1. The van der Waals surface area contributed by atoms with Crippen LogP contribution in [0, 0.1) is 0 Å². The molecule has 1 heterocycles. The smallest absolute Gasteiger partial charge is 0.239 e. The van der Waals surface area contributed by atoms with E-state index in [-0.39, 0.29) is 18.6 Å². The molecule has 5 nitrogen and oxygen atoms in total. The molecule has 0 radical (unpaired) electrons. The van der Waals surface area contributed by atoms with Gasteiger partial charge in [-0.25, -0.2) is 0 Å². The molecule has 94 valence electrons. The Morgan fingerprint density at radius 1 is 1.69 bits per heavy atom. The van der Waals surface area contributed by atoms with Gasteiger partial charge in [0.25, 0.3) is 0 Å². The van der Waals surface area contributed by atoms with Gasteiger partial charge in [0.05, 0.1) is 18.8 Å². The molecule has 0 bridgehead atoms. The molecule has 2 unspecified atom stereocenters. The monoisotopic (exact) mass is 230 g/mol. The van der Waals surface area contributed by atoms with Gasteiger partial charge in [0, 0.05) is 20.2 Å². The highest BCUT2D eigenvalue weighted by molar-refractivity contribution is 5.84. The zero-order chi connectivity index (χ0) is 12.0. The van der Waals surface area contributed by atoms with E-state index in [1.165, 1.54) is 0 Å². The maximum absolute atomic E-state index is 11.9. The first-order valence-electron chi connectivity index (χ1n) is 5.88. The molecule has 0 spiro atoms. The number of rotatable bonds is 7. The molecule has 1 saturated heterocycles. The van der Waals surface area contributed by atoms with Crippen molar-refractivity contribution in [1.29, 1.82) is 0 Å². The van der Waals surface area contributed by atoms with Crippen molar-refractivity contribution in [3.05, 3.63) is 0 Å². The summed E-state index contributed by atoms with van der Waals surface area (Å²) in [4.78, 5) is 13.6. The van der Waals surface area contributed by atoms with E-state index in [9.17, 15) is 9.90 Å². The summed E-state index contributed by atoms with van der Waals surface area (Å²) >= 11 is 0. The Kier molecular flexibility index (Phi) is 5.73. The van der Waals surface area contributed by atoms with Crippen molar-refractivity contribution in [3.8, 4) is 0 Å². The minimum Gasteiger partial charge on any atom is -0.389 e.